The maximum absolute atomic E-state index is 12.4. The molecule has 3 rings (SSSR count). The lowest BCUT2D eigenvalue weighted by Gasteiger charge is -2.26. The summed E-state index contributed by atoms with van der Waals surface area (Å²) in [6.45, 7) is 0. The summed E-state index contributed by atoms with van der Waals surface area (Å²) in [5.41, 5.74) is 9.91. The maximum atomic E-state index is 12.4. The van der Waals surface area contributed by atoms with Crippen LogP contribution in [0.2, 0.25) is 0 Å². The van der Waals surface area contributed by atoms with E-state index in [4.69, 9.17) is 5.73 Å². The summed E-state index contributed by atoms with van der Waals surface area (Å²) in [4.78, 5) is 12.6. The number of nitrogen functional groups attached to an aromatic ring is 1. The molecule has 4 N–H and O–H groups in total. The zero-order valence-electron chi connectivity index (χ0n) is 15.4. The summed E-state index contributed by atoms with van der Waals surface area (Å²) in [6, 6.07) is 12.5. The fourth-order valence-corrected chi connectivity index (χ4v) is 4.19. The molecule has 0 heterocycles. The summed E-state index contributed by atoms with van der Waals surface area (Å²) in [7, 11) is -2.05. The quantitative estimate of drug-likeness (QED) is 0.662. The molecule has 27 heavy (non-hydrogen) atoms. The molecule has 0 saturated carbocycles. The molecule has 1 aliphatic carbocycles. The van der Waals surface area contributed by atoms with Gasteiger partial charge in [-0.25, -0.2) is 13.1 Å². The van der Waals surface area contributed by atoms with Crippen molar-refractivity contribution in [2.45, 2.75) is 43.0 Å². The highest BCUT2D eigenvalue weighted by molar-refractivity contribution is 7.89. The lowest BCUT2D eigenvalue weighted by atomic mass is 9.87. The highest BCUT2D eigenvalue weighted by atomic mass is 32.2. The number of nitrogens with two attached hydrogens (primary N) is 1. The fourth-order valence-electron chi connectivity index (χ4n) is 3.46. The topological polar surface area (TPSA) is 101 Å². The molecule has 0 fully saturated rings. The van der Waals surface area contributed by atoms with Gasteiger partial charge < -0.3 is 11.1 Å². The van der Waals surface area contributed by atoms with Crippen LogP contribution in [-0.2, 0) is 27.7 Å². The molecule has 144 valence electrons. The first kappa shape index (κ1) is 19.4. The number of anilines is 1. The second-order valence-electron chi connectivity index (χ2n) is 6.82. The number of sulfonamides is 1. The van der Waals surface area contributed by atoms with Crippen molar-refractivity contribution in [1.82, 2.24) is 10.0 Å². The maximum Gasteiger partial charge on any atom is 0.240 e. The zero-order valence-corrected chi connectivity index (χ0v) is 16.2. The third-order valence-electron chi connectivity index (χ3n) is 4.96. The van der Waals surface area contributed by atoms with E-state index in [2.05, 4.69) is 10.0 Å². The van der Waals surface area contributed by atoms with E-state index in [9.17, 15) is 13.2 Å². The van der Waals surface area contributed by atoms with Crippen LogP contribution in [0.4, 0.5) is 5.69 Å². The lowest BCUT2D eigenvalue weighted by molar-refractivity contribution is -0.121. The van der Waals surface area contributed by atoms with Crippen LogP contribution in [-0.4, -0.2) is 21.4 Å². The van der Waals surface area contributed by atoms with Crippen molar-refractivity contribution < 1.29 is 13.2 Å². The predicted molar refractivity (Wildman–Crippen MR) is 106 cm³/mol. The predicted octanol–water partition coefficient (Wildman–Crippen LogP) is 2.30. The largest absolute Gasteiger partial charge is 0.399 e. The van der Waals surface area contributed by atoms with E-state index in [-0.39, 0.29) is 16.8 Å². The summed E-state index contributed by atoms with van der Waals surface area (Å²) in [5, 5.41) is 3.12. The molecule has 1 atom stereocenters. The van der Waals surface area contributed by atoms with E-state index >= 15 is 0 Å². The van der Waals surface area contributed by atoms with Gasteiger partial charge in [0.1, 0.15) is 0 Å². The number of carbonyl (C=O) groups excluding carboxylic acids is 1. The molecule has 2 aromatic carbocycles. The highest BCUT2D eigenvalue weighted by Gasteiger charge is 2.21. The molecular weight excluding hydrogens is 362 g/mol. The van der Waals surface area contributed by atoms with Crippen molar-refractivity contribution in [3.8, 4) is 0 Å². The second-order valence-corrected chi connectivity index (χ2v) is 8.71. The van der Waals surface area contributed by atoms with Crippen molar-refractivity contribution in [1.29, 1.82) is 0 Å². The number of fused-ring (bicyclic) bond motifs is 1. The van der Waals surface area contributed by atoms with Crippen molar-refractivity contribution in [2.75, 3.05) is 12.8 Å². The van der Waals surface area contributed by atoms with Gasteiger partial charge in [-0.05, 0) is 73.7 Å². The van der Waals surface area contributed by atoms with Crippen LogP contribution in [0.25, 0.3) is 0 Å². The first-order valence-corrected chi connectivity index (χ1v) is 10.6. The van der Waals surface area contributed by atoms with Crippen LogP contribution in [0, 0.1) is 0 Å². The van der Waals surface area contributed by atoms with Gasteiger partial charge in [-0.2, -0.15) is 0 Å². The monoisotopic (exact) mass is 387 g/mol. The Kier molecular flexibility index (Phi) is 5.82. The van der Waals surface area contributed by atoms with E-state index in [0.29, 0.717) is 12.8 Å². The Morgan fingerprint density at radius 2 is 1.93 bits per heavy atom. The van der Waals surface area contributed by atoms with E-state index in [1.54, 1.807) is 24.3 Å². The first-order chi connectivity index (χ1) is 12.9. The number of benzene rings is 2. The highest BCUT2D eigenvalue weighted by Crippen LogP contribution is 2.31. The molecule has 1 unspecified atom stereocenters. The van der Waals surface area contributed by atoms with Crippen molar-refractivity contribution >= 4 is 21.6 Å². The Balaban J connectivity index is 1.58. The molecule has 0 bridgehead atoms. The van der Waals surface area contributed by atoms with Crippen LogP contribution in [0.5, 0.6) is 0 Å². The minimum atomic E-state index is -3.44. The Hall–Kier alpha value is -2.38. The van der Waals surface area contributed by atoms with Crippen molar-refractivity contribution in [2.24, 2.45) is 0 Å². The molecule has 0 spiro atoms. The molecule has 6 nitrogen and oxygen atoms in total. The van der Waals surface area contributed by atoms with Crippen LogP contribution >= 0.6 is 0 Å². The van der Waals surface area contributed by atoms with Gasteiger partial charge in [0.2, 0.25) is 15.9 Å². The lowest BCUT2D eigenvalue weighted by Crippen LogP contribution is -2.31. The van der Waals surface area contributed by atoms with E-state index < -0.39 is 10.0 Å². The first-order valence-electron chi connectivity index (χ1n) is 9.09. The summed E-state index contributed by atoms with van der Waals surface area (Å²) < 4.78 is 25.8. The summed E-state index contributed by atoms with van der Waals surface area (Å²) in [5.74, 6) is -0.00315. The minimum Gasteiger partial charge on any atom is -0.399 e. The average molecular weight is 388 g/mol. The van der Waals surface area contributed by atoms with Gasteiger partial charge in [-0.15, -0.1) is 0 Å². The summed E-state index contributed by atoms with van der Waals surface area (Å²) >= 11 is 0. The van der Waals surface area contributed by atoms with Crippen molar-refractivity contribution in [3.05, 3.63) is 59.2 Å². The van der Waals surface area contributed by atoms with Crippen molar-refractivity contribution in [3.63, 3.8) is 0 Å². The Labute approximate surface area is 160 Å². The number of amides is 1. The normalized spacial score (nSPS) is 16.6. The molecule has 1 amide bonds. The molecule has 0 saturated heterocycles. The Bertz CT molecular complexity index is 924. The van der Waals surface area contributed by atoms with Crippen LogP contribution < -0.4 is 15.8 Å². The van der Waals surface area contributed by atoms with E-state index in [0.717, 1.165) is 36.1 Å². The van der Waals surface area contributed by atoms with Gasteiger partial charge in [-0.3, -0.25) is 4.79 Å². The van der Waals surface area contributed by atoms with Gasteiger partial charge in [-0.1, -0.05) is 18.2 Å². The van der Waals surface area contributed by atoms with Gasteiger partial charge in [0.05, 0.1) is 10.9 Å². The van der Waals surface area contributed by atoms with E-state index in [1.165, 1.54) is 12.6 Å². The van der Waals surface area contributed by atoms with Crippen LogP contribution in [0.15, 0.2) is 47.4 Å². The average Bonchev–Trinajstić information content (AvgIpc) is 2.66. The third-order valence-corrected chi connectivity index (χ3v) is 6.39. The Morgan fingerprint density at radius 3 is 2.63 bits per heavy atom. The number of nitrogens with one attached hydrogen (secondary N) is 2. The molecule has 0 radical (unpaired) electrons. The van der Waals surface area contributed by atoms with Gasteiger partial charge in [0.15, 0.2) is 0 Å². The number of carbonyl (C=O) groups is 1. The molecule has 0 aliphatic heterocycles. The number of rotatable bonds is 6. The number of hydrogen-bond donors (Lipinski definition) is 3. The zero-order chi connectivity index (χ0) is 19.4. The summed E-state index contributed by atoms with van der Waals surface area (Å²) in [6.07, 6.45) is 3.88. The molecular formula is C20H25N3O3S. The standard InChI is InChI=1S/C20H25N3O3S/c1-22-27(25,26)17-9-5-14(6-10-17)7-12-20(24)23-19-4-2-3-15-13-16(21)8-11-18(15)19/h5-6,8-11,13,19,22H,2-4,7,12,21H2,1H3,(H,23,24). The van der Waals surface area contributed by atoms with E-state index in [1.807, 2.05) is 18.2 Å². The van der Waals surface area contributed by atoms with Gasteiger partial charge >= 0.3 is 0 Å². The number of hydrogen-bond acceptors (Lipinski definition) is 4. The minimum absolute atomic E-state index is 0.00315. The number of aryl methyl sites for hydroxylation is 2. The third kappa shape index (κ3) is 4.67. The smallest absolute Gasteiger partial charge is 0.240 e. The van der Waals surface area contributed by atoms with Gasteiger partial charge in [0, 0.05) is 12.1 Å². The Morgan fingerprint density at radius 1 is 1.19 bits per heavy atom. The van der Waals surface area contributed by atoms with Gasteiger partial charge in [0.25, 0.3) is 0 Å². The van der Waals surface area contributed by atoms with Crippen LogP contribution in [0.3, 0.4) is 0 Å². The molecule has 1 aliphatic rings. The second kappa shape index (κ2) is 8.10. The molecule has 7 heteroatoms. The fraction of sp³-hybridized carbons (Fsp3) is 0.350. The molecule has 0 aromatic heterocycles. The SMILES string of the molecule is CNS(=O)(=O)c1ccc(CCC(=O)NC2CCCc3cc(N)ccc32)cc1. The molecule has 2 aromatic rings. The van der Waals surface area contributed by atoms with Crippen LogP contribution in [0.1, 0.15) is 42.0 Å².